The van der Waals surface area contributed by atoms with Crippen molar-refractivity contribution >= 4 is 17.5 Å². The fraction of sp³-hybridized carbons (Fsp3) is 0.273. The molecule has 7 heteroatoms. The van der Waals surface area contributed by atoms with Crippen LogP contribution in [0.25, 0.3) is 11.3 Å². The van der Waals surface area contributed by atoms with Gasteiger partial charge in [0.05, 0.1) is 5.69 Å². The quantitative estimate of drug-likeness (QED) is 0.665. The smallest absolute Gasteiger partial charge is 0.274 e. The summed E-state index contributed by atoms with van der Waals surface area (Å²) in [7, 11) is 1.55. The van der Waals surface area contributed by atoms with Gasteiger partial charge in [0, 0.05) is 48.4 Å². The van der Waals surface area contributed by atoms with E-state index in [9.17, 15) is 9.59 Å². The van der Waals surface area contributed by atoms with Crippen LogP contribution in [0.15, 0.2) is 59.4 Å². The van der Waals surface area contributed by atoms with Crippen LogP contribution in [0.5, 0.6) is 0 Å². The maximum Gasteiger partial charge on any atom is 0.274 e. The third kappa shape index (κ3) is 4.22. The van der Waals surface area contributed by atoms with E-state index in [0.717, 1.165) is 29.8 Å². The topological polar surface area (TPSA) is 68.1 Å². The number of piperidine rings is 1. The summed E-state index contributed by atoms with van der Waals surface area (Å²) in [6.45, 7) is 1.25. The third-order valence-corrected chi connectivity index (χ3v) is 5.43. The Labute approximate surface area is 173 Å². The van der Waals surface area contributed by atoms with Crippen molar-refractivity contribution in [3.8, 4) is 11.3 Å². The number of hydrogen-bond donors (Lipinski definition) is 0. The van der Waals surface area contributed by atoms with Gasteiger partial charge in [-0.15, -0.1) is 0 Å². The van der Waals surface area contributed by atoms with Gasteiger partial charge in [0.15, 0.2) is 0 Å². The van der Waals surface area contributed by atoms with E-state index in [1.54, 1.807) is 11.9 Å². The van der Waals surface area contributed by atoms with Gasteiger partial charge in [-0.25, -0.2) is 4.68 Å². The highest BCUT2D eigenvalue weighted by molar-refractivity contribution is 6.30. The van der Waals surface area contributed by atoms with Gasteiger partial charge < -0.3 is 4.90 Å². The maximum absolute atomic E-state index is 12.9. The predicted octanol–water partition coefficient (Wildman–Crippen LogP) is 3.52. The molecule has 4 rings (SSSR count). The highest BCUT2D eigenvalue weighted by atomic mass is 35.5. The van der Waals surface area contributed by atoms with Crippen LogP contribution >= 0.6 is 11.6 Å². The van der Waals surface area contributed by atoms with E-state index in [1.165, 1.54) is 16.8 Å². The van der Waals surface area contributed by atoms with Crippen LogP contribution in [0, 0.1) is 0 Å². The molecule has 0 radical (unpaired) electrons. The summed E-state index contributed by atoms with van der Waals surface area (Å²) in [5, 5.41) is 4.77. The van der Waals surface area contributed by atoms with Crippen molar-refractivity contribution in [2.24, 2.45) is 7.05 Å². The Hall–Kier alpha value is -2.99. The SMILES string of the molecule is Cn1nc(C(=O)N2CCC[C@H](c3cccc(-c4cccc(Cl)c4)n3)C2)ccc1=O. The molecule has 0 bridgehead atoms. The Bertz CT molecular complexity index is 1110. The number of amides is 1. The maximum atomic E-state index is 12.9. The van der Waals surface area contributed by atoms with Crippen molar-refractivity contribution in [1.29, 1.82) is 0 Å². The minimum Gasteiger partial charge on any atom is -0.337 e. The van der Waals surface area contributed by atoms with Gasteiger partial charge in [-0.1, -0.05) is 29.8 Å². The second-order valence-electron chi connectivity index (χ2n) is 7.23. The second kappa shape index (κ2) is 8.17. The Kier molecular flexibility index (Phi) is 5.45. The number of hydrogen-bond acceptors (Lipinski definition) is 4. The number of aromatic nitrogens is 3. The van der Waals surface area contributed by atoms with Crippen molar-refractivity contribution in [1.82, 2.24) is 19.7 Å². The zero-order valence-electron chi connectivity index (χ0n) is 16.1. The number of benzene rings is 1. The van der Waals surface area contributed by atoms with E-state index < -0.39 is 0 Å². The van der Waals surface area contributed by atoms with Crippen LogP contribution in [-0.4, -0.2) is 38.7 Å². The number of carbonyl (C=O) groups is 1. The molecule has 0 unspecified atom stereocenters. The molecule has 148 valence electrons. The molecule has 3 heterocycles. The van der Waals surface area contributed by atoms with Crippen LogP contribution in [0.1, 0.15) is 34.9 Å². The summed E-state index contributed by atoms with van der Waals surface area (Å²) in [5.74, 6) is -0.00402. The standard InChI is InChI=1S/C22H21ClN4O2/c1-26-21(28)11-10-20(25-26)22(29)27-12-4-6-16(14-27)19-9-3-8-18(24-19)15-5-2-7-17(23)13-15/h2-3,5,7-11,13,16H,4,6,12,14H2,1H3/t16-/m0/s1. The number of aryl methyl sites for hydroxylation is 1. The summed E-state index contributed by atoms with van der Waals surface area (Å²) in [6.07, 6.45) is 1.86. The molecule has 3 aromatic rings. The molecule has 0 spiro atoms. The average molecular weight is 409 g/mol. The van der Waals surface area contributed by atoms with Crippen LogP contribution in [0.4, 0.5) is 0 Å². The molecule has 1 aliphatic heterocycles. The second-order valence-corrected chi connectivity index (χ2v) is 7.67. The lowest BCUT2D eigenvalue weighted by Crippen LogP contribution is -2.40. The van der Waals surface area contributed by atoms with Crippen LogP contribution < -0.4 is 5.56 Å². The highest BCUT2D eigenvalue weighted by Gasteiger charge is 2.27. The summed E-state index contributed by atoms with van der Waals surface area (Å²) in [4.78, 5) is 31.1. The Morgan fingerprint density at radius 3 is 2.76 bits per heavy atom. The van der Waals surface area contributed by atoms with Crippen molar-refractivity contribution in [2.75, 3.05) is 13.1 Å². The third-order valence-electron chi connectivity index (χ3n) is 5.20. The van der Waals surface area contributed by atoms with Gasteiger partial charge in [0.2, 0.25) is 0 Å². The zero-order chi connectivity index (χ0) is 20.4. The first-order valence-corrected chi connectivity index (χ1v) is 9.95. The first kappa shape index (κ1) is 19.3. The van der Waals surface area contributed by atoms with Gasteiger partial charge in [-0.2, -0.15) is 5.10 Å². The van der Waals surface area contributed by atoms with Crippen LogP contribution in [0.3, 0.4) is 0 Å². The molecular formula is C22H21ClN4O2. The van der Waals surface area contributed by atoms with Crippen LogP contribution in [-0.2, 0) is 7.05 Å². The monoisotopic (exact) mass is 408 g/mol. The molecule has 29 heavy (non-hydrogen) atoms. The Balaban J connectivity index is 1.55. The fourth-order valence-corrected chi connectivity index (χ4v) is 3.86. The van der Waals surface area contributed by atoms with Crippen molar-refractivity contribution in [2.45, 2.75) is 18.8 Å². The lowest BCUT2D eigenvalue weighted by molar-refractivity contribution is 0.0697. The molecule has 1 aromatic carbocycles. The van der Waals surface area contributed by atoms with Gasteiger partial charge in [0.25, 0.3) is 11.5 Å². The molecule has 0 aliphatic carbocycles. The Morgan fingerprint density at radius 2 is 1.97 bits per heavy atom. The molecule has 1 atom stereocenters. The number of rotatable bonds is 3. The van der Waals surface area contributed by atoms with E-state index >= 15 is 0 Å². The molecular weight excluding hydrogens is 388 g/mol. The minimum absolute atomic E-state index is 0.152. The van der Waals surface area contributed by atoms with Crippen molar-refractivity contribution in [3.05, 3.63) is 81.4 Å². The number of likely N-dealkylation sites (tertiary alicyclic amines) is 1. The first-order valence-electron chi connectivity index (χ1n) is 9.58. The van der Waals surface area contributed by atoms with Gasteiger partial charge in [-0.05, 0) is 43.2 Å². The highest BCUT2D eigenvalue weighted by Crippen LogP contribution is 2.29. The van der Waals surface area contributed by atoms with Crippen molar-refractivity contribution < 1.29 is 4.79 Å². The van der Waals surface area contributed by atoms with E-state index in [1.807, 2.05) is 42.5 Å². The molecule has 1 saturated heterocycles. The van der Waals surface area contributed by atoms with E-state index in [0.29, 0.717) is 18.1 Å². The van der Waals surface area contributed by atoms with Gasteiger partial charge >= 0.3 is 0 Å². The lowest BCUT2D eigenvalue weighted by Gasteiger charge is -2.32. The van der Waals surface area contributed by atoms with E-state index in [2.05, 4.69) is 5.10 Å². The number of carbonyl (C=O) groups excluding carboxylic acids is 1. The Morgan fingerprint density at radius 1 is 1.14 bits per heavy atom. The zero-order valence-corrected chi connectivity index (χ0v) is 16.8. The van der Waals surface area contributed by atoms with E-state index in [-0.39, 0.29) is 23.1 Å². The van der Waals surface area contributed by atoms with Crippen LogP contribution in [0.2, 0.25) is 5.02 Å². The van der Waals surface area contributed by atoms with E-state index in [4.69, 9.17) is 16.6 Å². The average Bonchev–Trinajstić information content (AvgIpc) is 2.75. The summed E-state index contributed by atoms with van der Waals surface area (Å²) >= 11 is 6.12. The van der Waals surface area contributed by atoms with Crippen molar-refractivity contribution in [3.63, 3.8) is 0 Å². The number of pyridine rings is 1. The molecule has 0 saturated carbocycles. The molecule has 1 aliphatic rings. The molecule has 0 N–H and O–H groups in total. The van der Waals surface area contributed by atoms with Gasteiger partial charge in [-0.3, -0.25) is 14.6 Å². The minimum atomic E-state index is -0.236. The molecule has 1 fully saturated rings. The predicted molar refractivity (Wildman–Crippen MR) is 112 cm³/mol. The number of nitrogens with zero attached hydrogens (tertiary/aromatic N) is 4. The molecule has 2 aromatic heterocycles. The lowest BCUT2D eigenvalue weighted by atomic mass is 9.93. The normalized spacial score (nSPS) is 16.6. The summed E-state index contributed by atoms with van der Waals surface area (Å²) in [5.41, 5.74) is 2.85. The first-order chi connectivity index (χ1) is 14.0. The summed E-state index contributed by atoms with van der Waals surface area (Å²) in [6, 6.07) is 16.5. The molecule has 1 amide bonds. The fourth-order valence-electron chi connectivity index (χ4n) is 3.67. The summed E-state index contributed by atoms with van der Waals surface area (Å²) < 4.78 is 1.19. The largest absolute Gasteiger partial charge is 0.337 e. The number of halogens is 1. The molecule has 6 nitrogen and oxygen atoms in total. The van der Waals surface area contributed by atoms with Gasteiger partial charge in [0.1, 0.15) is 5.69 Å².